The van der Waals surface area contributed by atoms with Crippen molar-refractivity contribution in [3.05, 3.63) is 41.9 Å². The van der Waals surface area contributed by atoms with Gasteiger partial charge in [-0.15, -0.1) is 0 Å². The SMILES string of the molecule is COc1cccc2sc(NC(=O)c3occc3C)nc12. The first-order chi connectivity index (χ1) is 9.69. The summed E-state index contributed by atoms with van der Waals surface area (Å²) in [4.78, 5) is 16.4. The molecule has 20 heavy (non-hydrogen) atoms. The van der Waals surface area contributed by atoms with Crippen LogP contribution in [0.15, 0.2) is 34.9 Å². The Balaban J connectivity index is 1.92. The number of carbonyl (C=O) groups is 1. The number of ether oxygens (including phenoxy) is 1. The van der Waals surface area contributed by atoms with E-state index < -0.39 is 0 Å². The molecule has 102 valence electrons. The van der Waals surface area contributed by atoms with Gasteiger partial charge in [0.25, 0.3) is 5.91 Å². The molecule has 0 unspecified atom stereocenters. The lowest BCUT2D eigenvalue weighted by Gasteiger charge is -1.99. The molecule has 0 aliphatic carbocycles. The van der Waals surface area contributed by atoms with E-state index in [2.05, 4.69) is 10.3 Å². The first-order valence-corrected chi connectivity index (χ1v) is 6.79. The molecule has 0 atom stereocenters. The van der Waals surface area contributed by atoms with Crippen molar-refractivity contribution in [2.75, 3.05) is 12.4 Å². The summed E-state index contributed by atoms with van der Waals surface area (Å²) >= 11 is 1.39. The maximum absolute atomic E-state index is 12.1. The highest BCUT2D eigenvalue weighted by molar-refractivity contribution is 7.22. The van der Waals surface area contributed by atoms with Gasteiger partial charge in [-0.3, -0.25) is 10.1 Å². The number of aromatic nitrogens is 1. The minimum atomic E-state index is -0.300. The van der Waals surface area contributed by atoms with Crippen LogP contribution in [0.3, 0.4) is 0 Å². The van der Waals surface area contributed by atoms with Gasteiger partial charge in [-0.1, -0.05) is 17.4 Å². The van der Waals surface area contributed by atoms with Gasteiger partial charge in [-0.2, -0.15) is 0 Å². The van der Waals surface area contributed by atoms with Crippen molar-refractivity contribution in [1.82, 2.24) is 4.98 Å². The van der Waals surface area contributed by atoms with Gasteiger partial charge in [-0.25, -0.2) is 4.98 Å². The average molecular weight is 288 g/mol. The molecular weight excluding hydrogens is 276 g/mol. The Morgan fingerprint density at radius 3 is 2.95 bits per heavy atom. The third-order valence-electron chi connectivity index (χ3n) is 2.89. The van der Waals surface area contributed by atoms with Gasteiger partial charge in [0.2, 0.25) is 0 Å². The van der Waals surface area contributed by atoms with Crippen molar-refractivity contribution in [2.45, 2.75) is 6.92 Å². The van der Waals surface area contributed by atoms with Crippen molar-refractivity contribution in [3.63, 3.8) is 0 Å². The van der Waals surface area contributed by atoms with Crippen LogP contribution in [0.4, 0.5) is 5.13 Å². The maximum Gasteiger partial charge on any atom is 0.293 e. The predicted octanol–water partition coefficient (Wildman–Crippen LogP) is 3.46. The highest BCUT2D eigenvalue weighted by Gasteiger charge is 2.15. The molecule has 2 heterocycles. The van der Waals surface area contributed by atoms with Gasteiger partial charge in [0.05, 0.1) is 18.1 Å². The Morgan fingerprint density at radius 2 is 2.25 bits per heavy atom. The summed E-state index contributed by atoms with van der Waals surface area (Å²) in [5.41, 5.74) is 1.53. The Labute approximate surface area is 119 Å². The van der Waals surface area contributed by atoms with Crippen molar-refractivity contribution in [2.24, 2.45) is 0 Å². The second-order valence-corrected chi connectivity index (χ2v) is 5.24. The summed E-state index contributed by atoms with van der Waals surface area (Å²) in [6.07, 6.45) is 1.49. The molecule has 6 heteroatoms. The molecular formula is C14H12N2O3S. The van der Waals surface area contributed by atoms with Gasteiger partial charge < -0.3 is 9.15 Å². The third-order valence-corrected chi connectivity index (χ3v) is 3.83. The predicted molar refractivity (Wildman–Crippen MR) is 77.6 cm³/mol. The monoisotopic (exact) mass is 288 g/mol. The second-order valence-electron chi connectivity index (χ2n) is 4.21. The molecule has 3 rings (SSSR count). The average Bonchev–Trinajstić information content (AvgIpc) is 3.03. The van der Waals surface area contributed by atoms with E-state index in [-0.39, 0.29) is 5.91 Å². The summed E-state index contributed by atoms with van der Waals surface area (Å²) in [6.45, 7) is 1.82. The quantitative estimate of drug-likeness (QED) is 0.801. The number of para-hydroxylation sites is 1. The Kier molecular flexibility index (Phi) is 3.15. The summed E-state index contributed by atoms with van der Waals surface area (Å²) in [5.74, 6) is 0.690. The zero-order valence-corrected chi connectivity index (χ0v) is 11.8. The molecule has 0 fully saturated rings. The van der Waals surface area contributed by atoms with E-state index >= 15 is 0 Å². The number of anilines is 1. The minimum absolute atomic E-state index is 0.300. The van der Waals surface area contributed by atoms with Gasteiger partial charge in [0.1, 0.15) is 11.3 Å². The standard InChI is InChI=1S/C14H12N2O3S/c1-8-6-7-19-12(8)13(17)16-14-15-11-9(18-2)4-3-5-10(11)20-14/h3-7H,1-2H3,(H,15,16,17). The van der Waals surface area contributed by atoms with Crippen molar-refractivity contribution in [3.8, 4) is 5.75 Å². The molecule has 2 aromatic heterocycles. The third kappa shape index (κ3) is 2.14. The Hall–Kier alpha value is -2.34. The molecule has 3 aromatic rings. The lowest BCUT2D eigenvalue weighted by Crippen LogP contribution is -2.11. The fraction of sp³-hybridized carbons (Fsp3) is 0.143. The number of hydrogen-bond acceptors (Lipinski definition) is 5. The normalized spacial score (nSPS) is 10.7. The van der Waals surface area contributed by atoms with Crippen LogP contribution in [-0.4, -0.2) is 18.0 Å². The van der Waals surface area contributed by atoms with Crippen molar-refractivity contribution < 1.29 is 13.9 Å². The molecule has 5 nitrogen and oxygen atoms in total. The van der Waals surface area contributed by atoms with E-state index in [0.29, 0.717) is 16.6 Å². The highest BCUT2D eigenvalue weighted by atomic mass is 32.1. The molecule has 0 saturated heterocycles. The number of nitrogens with one attached hydrogen (secondary N) is 1. The fourth-order valence-electron chi connectivity index (χ4n) is 1.90. The van der Waals surface area contributed by atoms with Crippen LogP contribution >= 0.6 is 11.3 Å². The number of carbonyl (C=O) groups excluding carboxylic acids is 1. The van der Waals surface area contributed by atoms with Crippen LogP contribution < -0.4 is 10.1 Å². The summed E-state index contributed by atoms with van der Waals surface area (Å²) in [6, 6.07) is 7.41. The molecule has 0 radical (unpaired) electrons. The molecule has 0 aliphatic heterocycles. The maximum atomic E-state index is 12.1. The van der Waals surface area contributed by atoms with Crippen molar-refractivity contribution >= 4 is 32.6 Å². The molecule has 1 aromatic carbocycles. The largest absolute Gasteiger partial charge is 0.494 e. The Morgan fingerprint density at radius 1 is 1.40 bits per heavy atom. The molecule has 0 spiro atoms. The zero-order valence-electron chi connectivity index (χ0n) is 11.0. The number of benzene rings is 1. The lowest BCUT2D eigenvalue weighted by atomic mass is 10.3. The first kappa shape index (κ1) is 12.7. The number of fused-ring (bicyclic) bond motifs is 1. The molecule has 0 bridgehead atoms. The van der Waals surface area contributed by atoms with Gasteiger partial charge in [-0.05, 0) is 25.1 Å². The number of furan rings is 1. The van der Waals surface area contributed by atoms with E-state index in [4.69, 9.17) is 9.15 Å². The van der Waals surface area contributed by atoms with E-state index in [0.717, 1.165) is 15.8 Å². The topological polar surface area (TPSA) is 64.4 Å². The van der Waals surface area contributed by atoms with E-state index in [1.807, 2.05) is 25.1 Å². The van der Waals surface area contributed by atoms with Gasteiger partial charge in [0.15, 0.2) is 10.9 Å². The summed E-state index contributed by atoms with van der Waals surface area (Å²) < 4.78 is 11.4. The number of amides is 1. The van der Waals surface area contributed by atoms with Crippen molar-refractivity contribution in [1.29, 1.82) is 0 Å². The fourth-order valence-corrected chi connectivity index (χ4v) is 2.78. The molecule has 1 N–H and O–H groups in total. The van der Waals surface area contributed by atoms with E-state index in [9.17, 15) is 4.79 Å². The van der Waals surface area contributed by atoms with Crippen LogP contribution in [0.5, 0.6) is 5.75 Å². The van der Waals surface area contributed by atoms with E-state index in [1.165, 1.54) is 17.6 Å². The van der Waals surface area contributed by atoms with Crippen LogP contribution in [0.2, 0.25) is 0 Å². The van der Waals surface area contributed by atoms with Crippen LogP contribution in [0.25, 0.3) is 10.2 Å². The highest BCUT2D eigenvalue weighted by Crippen LogP contribution is 2.32. The molecule has 0 saturated carbocycles. The number of aryl methyl sites for hydroxylation is 1. The number of rotatable bonds is 3. The number of methoxy groups -OCH3 is 1. The van der Waals surface area contributed by atoms with Gasteiger partial charge in [0, 0.05) is 5.56 Å². The number of hydrogen-bond donors (Lipinski definition) is 1. The lowest BCUT2D eigenvalue weighted by molar-refractivity contribution is 0.0996. The van der Waals surface area contributed by atoms with Crippen LogP contribution in [-0.2, 0) is 0 Å². The summed E-state index contributed by atoms with van der Waals surface area (Å²) in [7, 11) is 1.60. The molecule has 0 aliphatic rings. The smallest absolute Gasteiger partial charge is 0.293 e. The van der Waals surface area contributed by atoms with Crippen LogP contribution in [0, 0.1) is 6.92 Å². The second kappa shape index (κ2) is 4.97. The van der Waals surface area contributed by atoms with E-state index in [1.54, 1.807) is 13.2 Å². The zero-order chi connectivity index (χ0) is 14.1. The first-order valence-electron chi connectivity index (χ1n) is 5.98. The number of nitrogens with zero attached hydrogens (tertiary/aromatic N) is 1. The van der Waals surface area contributed by atoms with Crippen LogP contribution in [0.1, 0.15) is 16.1 Å². The Bertz CT molecular complexity index is 776. The number of thiazole rings is 1. The summed E-state index contributed by atoms with van der Waals surface area (Å²) in [5, 5.41) is 3.26. The van der Waals surface area contributed by atoms with Gasteiger partial charge >= 0.3 is 0 Å². The minimum Gasteiger partial charge on any atom is -0.494 e. The molecule has 1 amide bonds.